The molecule has 0 aliphatic carbocycles. The summed E-state index contributed by atoms with van der Waals surface area (Å²) in [5.74, 6) is -0.488. The lowest BCUT2D eigenvalue weighted by atomic mass is 9.79. The number of amides is 4. The van der Waals surface area contributed by atoms with Crippen LogP contribution < -0.4 is 15.4 Å². The van der Waals surface area contributed by atoms with E-state index >= 15 is 0 Å². The van der Waals surface area contributed by atoms with Crippen LogP contribution in [0.15, 0.2) is 48.7 Å². The minimum Gasteiger partial charge on any atom is -0.493 e. The molecule has 11 heteroatoms. The number of fused-ring (bicyclic) bond motifs is 2. The van der Waals surface area contributed by atoms with Crippen LogP contribution in [0.1, 0.15) is 29.8 Å². The largest absolute Gasteiger partial charge is 0.493 e. The van der Waals surface area contributed by atoms with Crippen molar-refractivity contribution < 1.29 is 23.9 Å². The molecule has 3 N–H and O–H groups in total. The number of likely N-dealkylation sites (N-methyl/N-ethyl adjacent to an activating group) is 1. The topological polar surface area (TPSA) is 124 Å². The van der Waals surface area contributed by atoms with Crippen molar-refractivity contribution in [2.24, 2.45) is 23.7 Å². The van der Waals surface area contributed by atoms with Gasteiger partial charge in [-0.05, 0) is 59.7 Å². The Hall–Kier alpha value is -4.05. The third-order valence-electron chi connectivity index (χ3n) is 8.31. The van der Waals surface area contributed by atoms with Crippen LogP contribution in [0.4, 0.5) is 0 Å². The molecule has 2 fully saturated rings. The third kappa shape index (κ3) is 6.96. The Morgan fingerprint density at radius 3 is 2.49 bits per heavy atom. The fourth-order valence-electron chi connectivity index (χ4n) is 6.03. The Bertz CT molecular complexity index is 1500. The predicted molar refractivity (Wildman–Crippen MR) is 164 cm³/mol. The fraction of sp³-hybridized carbons (Fsp3) is 0.438. The molecule has 10 nitrogen and oxygen atoms in total. The van der Waals surface area contributed by atoms with Crippen molar-refractivity contribution >= 4 is 46.1 Å². The lowest BCUT2D eigenvalue weighted by molar-refractivity contribution is -0.139. The molecule has 2 aliphatic heterocycles. The van der Waals surface area contributed by atoms with Gasteiger partial charge < -0.3 is 30.2 Å². The molecule has 228 valence electrons. The Balaban J connectivity index is 1.31. The van der Waals surface area contributed by atoms with Gasteiger partial charge in [0.25, 0.3) is 5.91 Å². The van der Waals surface area contributed by atoms with Crippen molar-refractivity contribution in [2.45, 2.75) is 20.3 Å². The van der Waals surface area contributed by atoms with Gasteiger partial charge in [-0.25, -0.2) is 0 Å². The number of aromatic nitrogens is 1. The summed E-state index contributed by atoms with van der Waals surface area (Å²) in [6.45, 7) is 6.09. The number of benzene rings is 2. The molecule has 43 heavy (non-hydrogen) atoms. The number of hydrogen-bond donors (Lipinski definition) is 3. The summed E-state index contributed by atoms with van der Waals surface area (Å²) in [5.41, 5.74) is 2.25. The SMILES string of the molecule is CNC(=O)CNC(=O)C1CN(C(=O)Cc2c[nH]c3cc(Cl)ccc23)CC2CN(C(=O)c3ccc(OCC(C)C)cc3)CC21. The molecule has 0 spiro atoms. The predicted octanol–water partition coefficient (Wildman–Crippen LogP) is 3.11. The van der Waals surface area contributed by atoms with E-state index in [4.69, 9.17) is 16.3 Å². The summed E-state index contributed by atoms with van der Waals surface area (Å²) in [6.07, 6.45) is 1.98. The number of ether oxygens (including phenoxy) is 1. The molecule has 2 saturated heterocycles. The maximum absolute atomic E-state index is 13.6. The molecule has 5 rings (SSSR count). The number of hydrogen-bond acceptors (Lipinski definition) is 5. The molecule has 3 unspecified atom stereocenters. The first-order valence-electron chi connectivity index (χ1n) is 14.7. The van der Waals surface area contributed by atoms with Gasteiger partial charge in [-0.2, -0.15) is 0 Å². The van der Waals surface area contributed by atoms with Gasteiger partial charge >= 0.3 is 0 Å². The number of likely N-dealkylation sites (tertiary alicyclic amines) is 2. The van der Waals surface area contributed by atoms with E-state index in [1.807, 2.05) is 18.3 Å². The summed E-state index contributed by atoms with van der Waals surface area (Å²) in [4.78, 5) is 59.0. The summed E-state index contributed by atoms with van der Waals surface area (Å²) in [6, 6.07) is 12.6. The second-order valence-corrected chi connectivity index (χ2v) is 12.3. The van der Waals surface area contributed by atoms with E-state index in [0.717, 1.165) is 16.5 Å². The average Bonchev–Trinajstić information content (AvgIpc) is 3.61. The van der Waals surface area contributed by atoms with Gasteiger partial charge in [0.1, 0.15) is 5.75 Å². The van der Waals surface area contributed by atoms with Crippen molar-refractivity contribution in [3.05, 3.63) is 64.8 Å². The Morgan fingerprint density at radius 1 is 1.02 bits per heavy atom. The maximum Gasteiger partial charge on any atom is 0.253 e. The quantitative estimate of drug-likeness (QED) is 0.345. The molecule has 1 aromatic heterocycles. The van der Waals surface area contributed by atoms with Crippen LogP contribution in [0.5, 0.6) is 5.75 Å². The highest BCUT2D eigenvalue weighted by Crippen LogP contribution is 2.37. The van der Waals surface area contributed by atoms with E-state index in [9.17, 15) is 19.2 Å². The first-order chi connectivity index (χ1) is 20.6. The number of piperidine rings is 1. The summed E-state index contributed by atoms with van der Waals surface area (Å²) < 4.78 is 5.75. The second-order valence-electron chi connectivity index (χ2n) is 11.8. The highest BCUT2D eigenvalue weighted by atomic mass is 35.5. The number of aromatic amines is 1. The van der Waals surface area contributed by atoms with E-state index in [0.29, 0.717) is 48.5 Å². The van der Waals surface area contributed by atoms with E-state index in [1.54, 1.807) is 40.1 Å². The summed E-state index contributed by atoms with van der Waals surface area (Å²) in [5, 5.41) is 6.76. The third-order valence-corrected chi connectivity index (χ3v) is 8.55. The zero-order valence-electron chi connectivity index (χ0n) is 24.7. The number of carbonyl (C=O) groups excluding carboxylic acids is 4. The van der Waals surface area contributed by atoms with Crippen molar-refractivity contribution in [1.29, 1.82) is 0 Å². The first-order valence-corrected chi connectivity index (χ1v) is 15.0. The van der Waals surface area contributed by atoms with Crippen molar-refractivity contribution in [3.8, 4) is 5.75 Å². The number of nitrogens with zero attached hydrogens (tertiary/aromatic N) is 2. The summed E-state index contributed by atoms with van der Waals surface area (Å²) >= 11 is 6.12. The normalized spacial score (nSPS) is 19.8. The second kappa shape index (κ2) is 13.1. The number of rotatable bonds is 9. The molecule has 3 aromatic rings. The van der Waals surface area contributed by atoms with Crippen molar-refractivity contribution in [2.75, 3.05) is 46.4 Å². The lowest BCUT2D eigenvalue weighted by Gasteiger charge is -2.39. The fourth-order valence-corrected chi connectivity index (χ4v) is 6.20. The lowest BCUT2D eigenvalue weighted by Crippen LogP contribution is -2.54. The van der Waals surface area contributed by atoms with Crippen LogP contribution in [-0.4, -0.2) is 84.8 Å². The highest BCUT2D eigenvalue weighted by Gasteiger charge is 2.47. The molecular formula is C32H38ClN5O5. The van der Waals surface area contributed by atoms with E-state index in [-0.39, 0.29) is 55.0 Å². The molecule has 0 bridgehead atoms. The van der Waals surface area contributed by atoms with E-state index in [2.05, 4.69) is 29.5 Å². The Kier molecular flexibility index (Phi) is 9.25. The van der Waals surface area contributed by atoms with Crippen LogP contribution in [0.2, 0.25) is 5.02 Å². The zero-order valence-corrected chi connectivity index (χ0v) is 25.4. The van der Waals surface area contributed by atoms with Crippen LogP contribution in [0.3, 0.4) is 0 Å². The van der Waals surface area contributed by atoms with Crippen LogP contribution in [-0.2, 0) is 20.8 Å². The molecule has 0 radical (unpaired) electrons. The molecule has 2 aromatic carbocycles. The molecule has 3 heterocycles. The zero-order chi connectivity index (χ0) is 30.7. The maximum atomic E-state index is 13.6. The molecule has 4 amide bonds. The minimum atomic E-state index is -0.557. The van der Waals surface area contributed by atoms with Crippen molar-refractivity contribution in [1.82, 2.24) is 25.4 Å². The highest BCUT2D eigenvalue weighted by molar-refractivity contribution is 6.31. The van der Waals surface area contributed by atoms with Gasteiger partial charge in [0.05, 0.1) is 25.5 Å². The number of halogens is 1. The average molecular weight is 608 g/mol. The molecular weight excluding hydrogens is 570 g/mol. The molecule has 2 aliphatic rings. The van der Waals surface area contributed by atoms with Crippen molar-refractivity contribution in [3.63, 3.8) is 0 Å². The smallest absolute Gasteiger partial charge is 0.253 e. The standard InChI is InChI=1S/C32H38ClN5O5/c1-19(2)18-43-24-7-4-20(5-8-24)32(42)38-15-22-14-37(17-27(26(22)16-38)31(41)36-13-29(39)34-3)30(40)10-21-12-35-28-11-23(33)6-9-25(21)28/h4-9,11-12,19,22,26-27,35H,10,13-18H2,1-3H3,(H,34,39)(H,36,41). The van der Waals surface area contributed by atoms with E-state index < -0.39 is 5.92 Å². The van der Waals surface area contributed by atoms with Gasteiger partial charge in [0, 0.05) is 60.9 Å². The molecule has 0 saturated carbocycles. The van der Waals surface area contributed by atoms with Gasteiger partial charge in [-0.3, -0.25) is 19.2 Å². The van der Waals surface area contributed by atoms with Crippen LogP contribution >= 0.6 is 11.6 Å². The number of nitrogens with one attached hydrogen (secondary N) is 3. The minimum absolute atomic E-state index is 0.0761. The van der Waals surface area contributed by atoms with Gasteiger partial charge in [-0.15, -0.1) is 0 Å². The Labute approximate surface area is 256 Å². The van der Waals surface area contributed by atoms with Gasteiger partial charge in [0.15, 0.2) is 0 Å². The number of H-pyrrole nitrogens is 1. The molecule has 3 atom stereocenters. The van der Waals surface area contributed by atoms with Crippen LogP contribution in [0, 0.1) is 23.7 Å². The van der Waals surface area contributed by atoms with Gasteiger partial charge in [-0.1, -0.05) is 31.5 Å². The summed E-state index contributed by atoms with van der Waals surface area (Å²) in [7, 11) is 1.51. The van der Waals surface area contributed by atoms with E-state index in [1.165, 1.54) is 7.05 Å². The first kappa shape index (κ1) is 30.4. The number of carbonyl (C=O) groups is 4. The Morgan fingerprint density at radius 2 is 1.77 bits per heavy atom. The monoisotopic (exact) mass is 607 g/mol. The van der Waals surface area contributed by atoms with Gasteiger partial charge in [0.2, 0.25) is 17.7 Å². The van der Waals surface area contributed by atoms with Crippen LogP contribution in [0.25, 0.3) is 10.9 Å².